The van der Waals surface area contributed by atoms with Crippen molar-refractivity contribution in [3.8, 4) is 11.5 Å². The molecule has 2 aliphatic rings. The third-order valence-electron chi connectivity index (χ3n) is 5.43. The molecule has 0 aliphatic carbocycles. The largest absolute Gasteiger partial charge is 0.486 e. The summed E-state index contributed by atoms with van der Waals surface area (Å²) in [5, 5.41) is 3.01. The van der Waals surface area contributed by atoms with E-state index in [1.54, 1.807) is 6.07 Å². The Bertz CT molecular complexity index is 824. The summed E-state index contributed by atoms with van der Waals surface area (Å²) in [7, 11) is -3.79. The van der Waals surface area contributed by atoms with E-state index in [2.05, 4.69) is 19.2 Å². The Balaban J connectivity index is 1.68. The summed E-state index contributed by atoms with van der Waals surface area (Å²) < 4.78 is 38.7. The molecule has 1 amide bonds. The number of fused-ring (bicyclic) bond motifs is 1. The van der Waals surface area contributed by atoms with E-state index in [0.29, 0.717) is 50.0 Å². The minimum absolute atomic E-state index is 0.0284. The van der Waals surface area contributed by atoms with Gasteiger partial charge in [0.25, 0.3) is 0 Å². The summed E-state index contributed by atoms with van der Waals surface area (Å²) in [4.78, 5) is 12.9. The molecule has 2 atom stereocenters. The Hall–Kier alpha value is -1.80. The zero-order chi connectivity index (χ0) is 21.0. The smallest absolute Gasteiger partial charge is 0.243 e. The maximum atomic E-state index is 13.2. The molecule has 7 nitrogen and oxygen atoms in total. The predicted molar refractivity (Wildman–Crippen MR) is 111 cm³/mol. The monoisotopic (exact) mass is 424 g/mol. The topological polar surface area (TPSA) is 84.9 Å². The number of amides is 1. The summed E-state index contributed by atoms with van der Waals surface area (Å²) in [5.74, 6) is 1.40. The van der Waals surface area contributed by atoms with E-state index in [0.717, 1.165) is 19.3 Å². The molecule has 1 fully saturated rings. The molecule has 0 aromatic heterocycles. The van der Waals surface area contributed by atoms with Gasteiger partial charge in [0.05, 0.1) is 4.90 Å². The van der Waals surface area contributed by atoms with E-state index in [1.165, 1.54) is 16.4 Å². The summed E-state index contributed by atoms with van der Waals surface area (Å²) in [5.41, 5.74) is 0. The van der Waals surface area contributed by atoms with Crippen molar-refractivity contribution in [2.24, 2.45) is 5.92 Å². The first-order valence-corrected chi connectivity index (χ1v) is 11.9. The lowest BCUT2D eigenvalue weighted by molar-refractivity contribution is -0.124. The molecule has 1 saturated heterocycles. The van der Waals surface area contributed by atoms with Crippen LogP contribution in [0.3, 0.4) is 0 Å². The third-order valence-corrected chi connectivity index (χ3v) is 7.34. The van der Waals surface area contributed by atoms with E-state index >= 15 is 0 Å². The van der Waals surface area contributed by atoms with Gasteiger partial charge in [-0.3, -0.25) is 4.79 Å². The van der Waals surface area contributed by atoms with Crippen molar-refractivity contribution in [2.45, 2.75) is 69.9 Å². The molecule has 0 bridgehead atoms. The Morgan fingerprint density at radius 1 is 1.17 bits per heavy atom. The van der Waals surface area contributed by atoms with Gasteiger partial charge in [0.1, 0.15) is 19.3 Å². The fraction of sp³-hybridized carbons (Fsp3) is 0.667. The van der Waals surface area contributed by atoms with Crippen molar-refractivity contribution < 1.29 is 22.7 Å². The highest BCUT2D eigenvalue weighted by molar-refractivity contribution is 7.89. The number of hydrogen-bond donors (Lipinski definition) is 1. The lowest BCUT2D eigenvalue weighted by atomic mass is 10.0. The van der Waals surface area contributed by atoms with Gasteiger partial charge in [-0.2, -0.15) is 4.31 Å². The van der Waals surface area contributed by atoms with Gasteiger partial charge in [0, 0.05) is 18.7 Å². The first-order valence-electron chi connectivity index (χ1n) is 10.5. The normalized spacial score (nSPS) is 20.6. The number of hydrogen-bond acceptors (Lipinski definition) is 5. The average molecular weight is 425 g/mol. The van der Waals surface area contributed by atoms with Crippen LogP contribution in [-0.2, 0) is 14.8 Å². The van der Waals surface area contributed by atoms with Gasteiger partial charge in [-0.1, -0.05) is 26.7 Å². The Morgan fingerprint density at radius 3 is 2.62 bits per heavy atom. The fourth-order valence-corrected chi connectivity index (χ4v) is 5.53. The molecule has 0 spiro atoms. The number of sulfonamides is 1. The van der Waals surface area contributed by atoms with E-state index in [-0.39, 0.29) is 16.8 Å². The minimum Gasteiger partial charge on any atom is -0.486 e. The molecule has 2 aliphatic heterocycles. The molecule has 0 saturated carbocycles. The fourth-order valence-electron chi connectivity index (χ4n) is 3.85. The van der Waals surface area contributed by atoms with Crippen molar-refractivity contribution in [2.75, 3.05) is 19.8 Å². The van der Waals surface area contributed by atoms with Crippen molar-refractivity contribution in [3.63, 3.8) is 0 Å². The maximum absolute atomic E-state index is 13.2. The van der Waals surface area contributed by atoms with Crippen LogP contribution in [0.25, 0.3) is 0 Å². The van der Waals surface area contributed by atoms with Crippen LogP contribution in [0.15, 0.2) is 23.1 Å². The van der Waals surface area contributed by atoms with Crippen molar-refractivity contribution in [1.29, 1.82) is 0 Å². The number of rotatable bonds is 8. The molecule has 1 aromatic carbocycles. The second-order valence-corrected chi connectivity index (χ2v) is 10.2. The van der Waals surface area contributed by atoms with Crippen molar-refractivity contribution in [3.05, 3.63) is 18.2 Å². The van der Waals surface area contributed by atoms with Gasteiger partial charge >= 0.3 is 0 Å². The van der Waals surface area contributed by atoms with Gasteiger partial charge in [0.2, 0.25) is 15.9 Å². The first kappa shape index (κ1) is 21.9. The maximum Gasteiger partial charge on any atom is 0.243 e. The highest BCUT2D eigenvalue weighted by Gasteiger charge is 2.40. The van der Waals surface area contributed by atoms with E-state index in [4.69, 9.17) is 9.47 Å². The number of nitrogens with one attached hydrogen (secondary N) is 1. The molecule has 29 heavy (non-hydrogen) atoms. The molecule has 0 radical (unpaired) electrons. The molecule has 8 heteroatoms. The molecule has 3 rings (SSSR count). The van der Waals surface area contributed by atoms with Crippen LogP contribution in [-0.4, -0.2) is 50.5 Å². The van der Waals surface area contributed by atoms with Crippen LogP contribution in [0.5, 0.6) is 11.5 Å². The molecular weight excluding hydrogens is 392 g/mol. The summed E-state index contributed by atoms with van der Waals surface area (Å²) in [6.07, 6.45) is 4.26. The number of benzene rings is 1. The second kappa shape index (κ2) is 9.34. The summed E-state index contributed by atoms with van der Waals surface area (Å²) in [6.45, 7) is 7.52. The van der Waals surface area contributed by atoms with Gasteiger partial charge in [-0.15, -0.1) is 0 Å². The standard InChI is InChI=1S/C21H32N2O5S/c1-15(2)6-4-7-16(3)22-21(24)18-8-5-11-23(18)29(25,26)17-9-10-19-20(14-17)28-13-12-27-19/h9-10,14-16,18H,4-8,11-13H2,1-3H3,(H,22,24)/t16-,18-/m1/s1. The molecule has 1 aromatic rings. The molecule has 162 valence electrons. The average Bonchev–Trinajstić information content (AvgIpc) is 3.18. The highest BCUT2D eigenvalue weighted by atomic mass is 32.2. The molecular formula is C21H32N2O5S. The van der Waals surface area contributed by atoms with Crippen LogP contribution in [0, 0.1) is 5.92 Å². The van der Waals surface area contributed by atoms with Crippen molar-refractivity contribution >= 4 is 15.9 Å². The first-order chi connectivity index (χ1) is 13.8. The van der Waals surface area contributed by atoms with Gasteiger partial charge < -0.3 is 14.8 Å². The van der Waals surface area contributed by atoms with Crippen LogP contribution < -0.4 is 14.8 Å². The Labute approximate surface area is 173 Å². The zero-order valence-corrected chi connectivity index (χ0v) is 18.3. The zero-order valence-electron chi connectivity index (χ0n) is 17.5. The van der Waals surface area contributed by atoms with E-state index in [1.807, 2.05) is 6.92 Å². The SMILES string of the molecule is CC(C)CCC[C@@H](C)NC(=O)[C@H]1CCCN1S(=O)(=O)c1ccc2c(c1)OCCO2. The molecule has 1 N–H and O–H groups in total. The number of nitrogens with zero attached hydrogens (tertiary/aromatic N) is 1. The molecule has 2 heterocycles. The lowest BCUT2D eigenvalue weighted by Gasteiger charge is -2.26. The van der Waals surface area contributed by atoms with Gasteiger partial charge in [-0.05, 0) is 44.2 Å². The quantitative estimate of drug-likeness (QED) is 0.694. The lowest BCUT2D eigenvalue weighted by Crippen LogP contribution is -2.48. The van der Waals surface area contributed by atoms with E-state index < -0.39 is 16.1 Å². The summed E-state index contributed by atoms with van der Waals surface area (Å²) in [6, 6.07) is 3.99. The predicted octanol–water partition coefficient (Wildman–Crippen LogP) is 2.94. The number of ether oxygens (including phenoxy) is 2. The van der Waals surface area contributed by atoms with Crippen LogP contribution >= 0.6 is 0 Å². The number of carbonyl (C=O) groups is 1. The molecule has 0 unspecified atom stereocenters. The van der Waals surface area contributed by atoms with Crippen LogP contribution in [0.2, 0.25) is 0 Å². The Morgan fingerprint density at radius 2 is 1.90 bits per heavy atom. The number of carbonyl (C=O) groups excluding carboxylic acids is 1. The van der Waals surface area contributed by atoms with Crippen LogP contribution in [0.1, 0.15) is 52.9 Å². The van der Waals surface area contributed by atoms with Gasteiger partial charge in [-0.25, -0.2) is 8.42 Å². The van der Waals surface area contributed by atoms with Crippen molar-refractivity contribution in [1.82, 2.24) is 9.62 Å². The summed E-state index contributed by atoms with van der Waals surface area (Å²) >= 11 is 0. The highest BCUT2D eigenvalue weighted by Crippen LogP contribution is 2.34. The second-order valence-electron chi connectivity index (χ2n) is 8.31. The van der Waals surface area contributed by atoms with E-state index in [9.17, 15) is 13.2 Å². The third kappa shape index (κ3) is 5.22. The minimum atomic E-state index is -3.79. The van der Waals surface area contributed by atoms with Gasteiger partial charge in [0.15, 0.2) is 11.5 Å². The van der Waals surface area contributed by atoms with Crippen LogP contribution in [0.4, 0.5) is 0 Å². The Kier molecular flexibility index (Phi) is 7.05.